The second-order valence-corrected chi connectivity index (χ2v) is 7.59. The fraction of sp³-hybridized carbons (Fsp3) is 0.348. The van der Waals surface area contributed by atoms with E-state index in [0.29, 0.717) is 31.9 Å². The smallest absolute Gasteiger partial charge is 0.295 e. The van der Waals surface area contributed by atoms with E-state index in [0.717, 1.165) is 24.2 Å². The van der Waals surface area contributed by atoms with E-state index in [1.165, 1.54) is 0 Å². The van der Waals surface area contributed by atoms with Gasteiger partial charge in [-0.15, -0.1) is 0 Å². The van der Waals surface area contributed by atoms with Gasteiger partial charge in [0.2, 0.25) is 0 Å². The number of carbonyl (C=O) groups excluding carboxylic acids is 2. The molecule has 0 aliphatic carbocycles. The first-order valence-corrected chi connectivity index (χ1v) is 10.1. The van der Waals surface area contributed by atoms with E-state index in [1.807, 2.05) is 19.1 Å². The lowest BCUT2D eigenvalue weighted by molar-refractivity contribution is -0.140. The predicted molar refractivity (Wildman–Crippen MR) is 112 cm³/mol. The van der Waals surface area contributed by atoms with Gasteiger partial charge < -0.3 is 14.7 Å². The molecule has 2 fully saturated rings. The van der Waals surface area contributed by atoms with Crippen molar-refractivity contribution in [3.05, 3.63) is 71.1 Å². The van der Waals surface area contributed by atoms with E-state index < -0.39 is 17.7 Å². The van der Waals surface area contributed by atoms with Crippen LogP contribution in [0.2, 0.25) is 0 Å². The quantitative estimate of drug-likeness (QED) is 0.465. The van der Waals surface area contributed by atoms with Crippen LogP contribution in [0.3, 0.4) is 0 Å². The number of aliphatic hydroxyl groups excluding tert-OH is 1. The molecule has 1 atom stereocenters. The molecule has 2 aromatic rings. The van der Waals surface area contributed by atoms with Crippen molar-refractivity contribution in [2.45, 2.75) is 13.0 Å². The SMILES string of the molecule is Cc1ccc(/C(O)=C2\C(=O)C(=O)N(CCN3CCOCC3)C2c2ccncc2)cc1. The molecule has 0 radical (unpaired) electrons. The van der Waals surface area contributed by atoms with E-state index in [1.54, 1.807) is 41.6 Å². The molecule has 2 aliphatic heterocycles. The van der Waals surface area contributed by atoms with Crippen LogP contribution in [-0.4, -0.2) is 71.0 Å². The number of amides is 1. The van der Waals surface area contributed by atoms with E-state index in [9.17, 15) is 14.7 Å². The molecule has 1 aromatic carbocycles. The summed E-state index contributed by atoms with van der Waals surface area (Å²) in [5.41, 5.74) is 2.44. The van der Waals surface area contributed by atoms with Gasteiger partial charge in [-0.3, -0.25) is 19.5 Å². The van der Waals surface area contributed by atoms with Crippen LogP contribution < -0.4 is 0 Å². The average molecular weight is 407 g/mol. The number of likely N-dealkylation sites (tertiary alicyclic amines) is 1. The second-order valence-electron chi connectivity index (χ2n) is 7.59. The first-order chi connectivity index (χ1) is 14.6. The van der Waals surface area contributed by atoms with E-state index in [-0.39, 0.29) is 11.3 Å². The molecule has 0 saturated carbocycles. The highest BCUT2D eigenvalue weighted by atomic mass is 16.5. The number of aromatic nitrogens is 1. The van der Waals surface area contributed by atoms with Crippen LogP contribution in [-0.2, 0) is 14.3 Å². The van der Waals surface area contributed by atoms with Crippen molar-refractivity contribution in [3.63, 3.8) is 0 Å². The topological polar surface area (TPSA) is 83.0 Å². The summed E-state index contributed by atoms with van der Waals surface area (Å²) < 4.78 is 5.38. The van der Waals surface area contributed by atoms with Crippen molar-refractivity contribution >= 4 is 17.4 Å². The highest BCUT2D eigenvalue weighted by molar-refractivity contribution is 6.46. The minimum absolute atomic E-state index is 0.122. The average Bonchev–Trinajstić information content (AvgIpc) is 3.04. The zero-order valence-corrected chi connectivity index (χ0v) is 17.0. The minimum Gasteiger partial charge on any atom is -0.507 e. The zero-order chi connectivity index (χ0) is 21.1. The Hall–Kier alpha value is -3.03. The normalized spacial score (nSPS) is 21.9. The number of nitrogens with zero attached hydrogens (tertiary/aromatic N) is 3. The summed E-state index contributed by atoms with van der Waals surface area (Å²) in [4.78, 5) is 33.7. The molecule has 1 amide bonds. The fourth-order valence-electron chi connectivity index (χ4n) is 3.94. The number of hydrogen-bond donors (Lipinski definition) is 1. The van der Waals surface area contributed by atoms with Crippen LogP contribution in [0.15, 0.2) is 54.4 Å². The van der Waals surface area contributed by atoms with Crippen molar-refractivity contribution in [2.75, 3.05) is 39.4 Å². The summed E-state index contributed by atoms with van der Waals surface area (Å²) in [6.45, 7) is 5.91. The van der Waals surface area contributed by atoms with Crippen molar-refractivity contribution in [2.24, 2.45) is 0 Å². The Kier molecular flexibility index (Phi) is 5.92. The maximum atomic E-state index is 13.0. The molecular weight excluding hydrogens is 382 g/mol. The monoisotopic (exact) mass is 407 g/mol. The maximum Gasteiger partial charge on any atom is 0.295 e. The van der Waals surface area contributed by atoms with E-state index >= 15 is 0 Å². The van der Waals surface area contributed by atoms with Gasteiger partial charge in [0.15, 0.2) is 0 Å². The number of aryl methyl sites for hydroxylation is 1. The van der Waals surface area contributed by atoms with Gasteiger partial charge in [0, 0.05) is 44.1 Å². The standard InChI is InChI=1S/C23H25N3O4/c1-16-2-4-18(5-3-16)21(27)19-20(17-6-8-24-9-7-17)26(23(29)22(19)28)11-10-25-12-14-30-15-13-25/h2-9,20,27H,10-15H2,1H3/b21-19+. The third-order valence-electron chi connectivity index (χ3n) is 5.65. The summed E-state index contributed by atoms with van der Waals surface area (Å²) in [7, 11) is 0. The van der Waals surface area contributed by atoms with Crippen molar-refractivity contribution in [1.82, 2.24) is 14.8 Å². The van der Waals surface area contributed by atoms with Gasteiger partial charge in [0.25, 0.3) is 11.7 Å². The molecule has 1 N–H and O–H groups in total. The van der Waals surface area contributed by atoms with Crippen molar-refractivity contribution in [1.29, 1.82) is 0 Å². The number of benzene rings is 1. The number of hydrogen-bond acceptors (Lipinski definition) is 6. The Morgan fingerprint density at radius 3 is 2.40 bits per heavy atom. The first kappa shape index (κ1) is 20.3. The number of Topliss-reactive ketones (excluding diaryl/α,β-unsaturated/α-hetero) is 1. The lowest BCUT2D eigenvalue weighted by atomic mass is 9.95. The number of ketones is 1. The van der Waals surface area contributed by atoms with E-state index in [4.69, 9.17) is 4.74 Å². The fourth-order valence-corrected chi connectivity index (χ4v) is 3.94. The molecule has 7 heteroatoms. The molecule has 2 aliphatic rings. The molecule has 2 saturated heterocycles. The highest BCUT2D eigenvalue weighted by Crippen LogP contribution is 2.39. The van der Waals surface area contributed by atoms with Gasteiger partial charge in [-0.25, -0.2) is 0 Å². The van der Waals surface area contributed by atoms with Gasteiger partial charge in [0.1, 0.15) is 5.76 Å². The van der Waals surface area contributed by atoms with Gasteiger partial charge in [-0.05, 0) is 24.6 Å². The van der Waals surface area contributed by atoms with Crippen LogP contribution in [0.25, 0.3) is 5.76 Å². The Bertz CT molecular complexity index is 950. The molecule has 4 rings (SSSR count). The molecule has 7 nitrogen and oxygen atoms in total. The Morgan fingerprint density at radius 1 is 1.07 bits per heavy atom. The van der Waals surface area contributed by atoms with Crippen molar-refractivity contribution < 1.29 is 19.4 Å². The second kappa shape index (κ2) is 8.77. The minimum atomic E-state index is -0.656. The molecule has 0 bridgehead atoms. The number of rotatable bonds is 5. The number of ether oxygens (including phenoxy) is 1. The van der Waals surface area contributed by atoms with Crippen LogP contribution in [0.1, 0.15) is 22.7 Å². The lowest BCUT2D eigenvalue weighted by Gasteiger charge is -2.30. The summed E-state index contributed by atoms with van der Waals surface area (Å²) >= 11 is 0. The summed E-state index contributed by atoms with van der Waals surface area (Å²) in [6, 6.07) is 10.2. The van der Waals surface area contributed by atoms with Gasteiger partial charge in [0.05, 0.1) is 24.8 Å². The molecule has 30 heavy (non-hydrogen) atoms. The molecule has 3 heterocycles. The van der Waals surface area contributed by atoms with Crippen LogP contribution in [0.4, 0.5) is 0 Å². The summed E-state index contributed by atoms with van der Waals surface area (Å²) in [5, 5.41) is 11.0. The highest BCUT2D eigenvalue weighted by Gasteiger charge is 2.46. The number of morpholine rings is 1. The first-order valence-electron chi connectivity index (χ1n) is 10.1. The Balaban J connectivity index is 1.71. The molecule has 0 spiro atoms. The third-order valence-corrected chi connectivity index (χ3v) is 5.65. The van der Waals surface area contributed by atoms with Gasteiger partial charge >= 0.3 is 0 Å². The largest absolute Gasteiger partial charge is 0.507 e. The molecule has 1 aromatic heterocycles. The molecular formula is C23H25N3O4. The van der Waals surface area contributed by atoms with Crippen LogP contribution in [0, 0.1) is 6.92 Å². The number of aliphatic hydroxyl groups is 1. The van der Waals surface area contributed by atoms with Crippen LogP contribution in [0.5, 0.6) is 0 Å². The maximum absolute atomic E-state index is 13.0. The van der Waals surface area contributed by atoms with Crippen LogP contribution >= 0.6 is 0 Å². The Morgan fingerprint density at radius 2 is 1.73 bits per heavy atom. The van der Waals surface area contributed by atoms with Gasteiger partial charge in [-0.2, -0.15) is 0 Å². The van der Waals surface area contributed by atoms with E-state index in [2.05, 4.69) is 9.88 Å². The lowest BCUT2D eigenvalue weighted by Crippen LogP contribution is -2.42. The predicted octanol–water partition coefficient (Wildman–Crippen LogP) is 2.14. The van der Waals surface area contributed by atoms with Gasteiger partial charge in [-0.1, -0.05) is 29.8 Å². The summed E-state index contributed by atoms with van der Waals surface area (Å²) in [5.74, 6) is -1.39. The zero-order valence-electron chi connectivity index (χ0n) is 17.0. The number of carbonyl (C=O) groups is 2. The molecule has 1 unspecified atom stereocenters. The summed E-state index contributed by atoms with van der Waals surface area (Å²) in [6.07, 6.45) is 3.26. The number of pyridine rings is 1. The molecule has 156 valence electrons. The Labute approximate surface area is 175 Å². The van der Waals surface area contributed by atoms with Crippen molar-refractivity contribution in [3.8, 4) is 0 Å². The third kappa shape index (κ3) is 3.99.